The first-order chi connectivity index (χ1) is 8.08. The molecule has 1 saturated carbocycles. The van der Waals surface area contributed by atoms with Crippen LogP contribution in [0.2, 0.25) is 0 Å². The smallest absolute Gasteiger partial charge is 0.371 e. The van der Waals surface area contributed by atoms with Gasteiger partial charge in [-0.3, -0.25) is 0 Å². The molecule has 1 aliphatic carbocycles. The number of hydrogen-bond acceptors (Lipinski definition) is 4. The largest absolute Gasteiger partial charge is 0.475 e. The number of aliphatic hydroxyl groups is 1. The molecule has 5 heteroatoms. The number of hydrogen-bond donors (Lipinski definition) is 3. The van der Waals surface area contributed by atoms with E-state index < -0.39 is 5.97 Å². The van der Waals surface area contributed by atoms with E-state index in [1.165, 1.54) is 6.07 Å². The van der Waals surface area contributed by atoms with Crippen LogP contribution in [0.3, 0.4) is 0 Å². The van der Waals surface area contributed by atoms with Crippen LogP contribution in [-0.4, -0.2) is 28.8 Å². The van der Waals surface area contributed by atoms with E-state index in [2.05, 4.69) is 5.32 Å². The first-order valence-corrected chi connectivity index (χ1v) is 5.79. The average Bonchev–Trinajstić information content (AvgIpc) is 3.04. The van der Waals surface area contributed by atoms with E-state index in [0.29, 0.717) is 24.8 Å². The minimum Gasteiger partial charge on any atom is -0.475 e. The van der Waals surface area contributed by atoms with Crippen LogP contribution in [0.25, 0.3) is 0 Å². The van der Waals surface area contributed by atoms with Crippen LogP contribution in [-0.2, 0) is 6.54 Å². The number of aromatic carboxylic acids is 1. The fourth-order valence-corrected chi connectivity index (χ4v) is 1.80. The molecule has 0 aliphatic heterocycles. The summed E-state index contributed by atoms with van der Waals surface area (Å²) in [5.41, 5.74) is 0.824. The van der Waals surface area contributed by atoms with Crippen molar-refractivity contribution in [2.75, 3.05) is 6.54 Å². The number of carboxylic acid groups (broad SMARTS) is 1. The quantitative estimate of drug-likeness (QED) is 0.693. The van der Waals surface area contributed by atoms with Crippen molar-refractivity contribution in [2.24, 2.45) is 5.92 Å². The summed E-state index contributed by atoms with van der Waals surface area (Å²) in [6, 6.07) is 1.52. The minimum absolute atomic E-state index is 0.0398. The lowest BCUT2D eigenvalue weighted by Gasteiger charge is -2.09. The second-order valence-electron chi connectivity index (χ2n) is 4.53. The van der Waals surface area contributed by atoms with Crippen molar-refractivity contribution in [3.05, 3.63) is 23.2 Å². The summed E-state index contributed by atoms with van der Waals surface area (Å²) in [5.74, 6) is -0.0438. The van der Waals surface area contributed by atoms with E-state index in [-0.39, 0.29) is 11.9 Å². The lowest BCUT2D eigenvalue weighted by atomic mass is 10.2. The monoisotopic (exact) mass is 239 g/mol. The highest BCUT2D eigenvalue weighted by Gasteiger charge is 2.29. The number of rotatable bonds is 6. The Kier molecular flexibility index (Phi) is 3.49. The summed E-state index contributed by atoms with van der Waals surface area (Å²) in [7, 11) is 0. The molecule has 94 valence electrons. The van der Waals surface area contributed by atoms with Crippen molar-refractivity contribution in [3.8, 4) is 0 Å². The molecule has 0 saturated heterocycles. The number of carbonyl (C=O) groups is 1. The van der Waals surface area contributed by atoms with E-state index >= 15 is 0 Å². The predicted octanol–water partition coefficient (Wildman–Crippen LogP) is 1.15. The summed E-state index contributed by atoms with van der Waals surface area (Å²) in [6.07, 6.45) is 1.93. The summed E-state index contributed by atoms with van der Waals surface area (Å²) in [5, 5.41) is 21.5. The molecule has 0 amide bonds. The molecule has 1 fully saturated rings. The lowest BCUT2D eigenvalue weighted by molar-refractivity contribution is 0.0661. The molecular weight excluding hydrogens is 222 g/mol. The third-order valence-electron chi connectivity index (χ3n) is 3.07. The molecule has 1 unspecified atom stereocenters. The molecule has 0 spiro atoms. The molecule has 17 heavy (non-hydrogen) atoms. The highest BCUT2D eigenvalue weighted by atomic mass is 16.4. The van der Waals surface area contributed by atoms with Gasteiger partial charge in [0.15, 0.2) is 0 Å². The third-order valence-corrected chi connectivity index (χ3v) is 3.07. The van der Waals surface area contributed by atoms with Gasteiger partial charge in [-0.05, 0) is 31.7 Å². The number of aliphatic hydroxyl groups excluding tert-OH is 1. The van der Waals surface area contributed by atoms with Crippen LogP contribution in [0.4, 0.5) is 0 Å². The van der Waals surface area contributed by atoms with Gasteiger partial charge in [-0.25, -0.2) is 4.79 Å². The van der Waals surface area contributed by atoms with Gasteiger partial charge in [0.2, 0.25) is 5.76 Å². The van der Waals surface area contributed by atoms with Crippen LogP contribution >= 0.6 is 0 Å². The predicted molar refractivity (Wildman–Crippen MR) is 60.8 cm³/mol. The van der Waals surface area contributed by atoms with Crippen LogP contribution in [0.1, 0.15) is 34.7 Å². The molecule has 0 aromatic carbocycles. The van der Waals surface area contributed by atoms with Crippen LogP contribution in [0, 0.1) is 12.8 Å². The zero-order valence-corrected chi connectivity index (χ0v) is 9.77. The van der Waals surface area contributed by atoms with Crippen LogP contribution < -0.4 is 5.32 Å². The second kappa shape index (κ2) is 4.89. The van der Waals surface area contributed by atoms with Crippen molar-refractivity contribution < 1.29 is 19.4 Å². The highest BCUT2D eigenvalue weighted by Crippen LogP contribution is 2.32. The molecule has 1 aliphatic rings. The SMILES string of the molecule is Cc1oc(C(=O)O)cc1CNCC(O)C1CC1. The fourth-order valence-electron chi connectivity index (χ4n) is 1.80. The van der Waals surface area contributed by atoms with Crippen LogP contribution in [0.15, 0.2) is 10.5 Å². The normalized spacial score (nSPS) is 17.1. The van der Waals surface area contributed by atoms with Gasteiger partial charge < -0.3 is 19.9 Å². The standard InChI is InChI=1S/C12H17NO4/c1-7-9(4-11(17-7)12(15)16)5-13-6-10(14)8-2-3-8/h4,8,10,13-14H,2-3,5-6H2,1H3,(H,15,16). The van der Waals surface area contributed by atoms with E-state index in [4.69, 9.17) is 9.52 Å². The van der Waals surface area contributed by atoms with Crippen molar-refractivity contribution in [2.45, 2.75) is 32.4 Å². The highest BCUT2D eigenvalue weighted by molar-refractivity contribution is 5.84. The van der Waals surface area contributed by atoms with Gasteiger partial charge in [0.1, 0.15) is 5.76 Å². The Morgan fingerprint density at radius 3 is 2.88 bits per heavy atom. The Bertz CT molecular complexity index is 409. The van der Waals surface area contributed by atoms with Crippen molar-refractivity contribution >= 4 is 5.97 Å². The molecular formula is C12H17NO4. The Balaban J connectivity index is 1.83. The summed E-state index contributed by atoms with van der Waals surface area (Å²) < 4.78 is 5.09. The fraction of sp³-hybridized carbons (Fsp3) is 0.583. The van der Waals surface area contributed by atoms with Gasteiger partial charge in [-0.2, -0.15) is 0 Å². The summed E-state index contributed by atoms with van der Waals surface area (Å²) in [4.78, 5) is 10.7. The van der Waals surface area contributed by atoms with Gasteiger partial charge in [-0.15, -0.1) is 0 Å². The summed E-state index contributed by atoms with van der Waals surface area (Å²) in [6.45, 7) is 2.80. The molecule has 5 nitrogen and oxygen atoms in total. The Hall–Kier alpha value is -1.33. The van der Waals surface area contributed by atoms with Crippen LogP contribution in [0.5, 0.6) is 0 Å². The van der Waals surface area contributed by atoms with Crippen molar-refractivity contribution in [3.63, 3.8) is 0 Å². The maximum absolute atomic E-state index is 10.7. The molecule has 3 N–H and O–H groups in total. The zero-order chi connectivity index (χ0) is 12.4. The van der Waals surface area contributed by atoms with Gasteiger partial charge in [0.25, 0.3) is 0 Å². The van der Waals surface area contributed by atoms with Crippen molar-refractivity contribution in [1.29, 1.82) is 0 Å². The first-order valence-electron chi connectivity index (χ1n) is 5.79. The van der Waals surface area contributed by atoms with E-state index in [1.807, 2.05) is 0 Å². The molecule has 0 radical (unpaired) electrons. The van der Waals surface area contributed by atoms with Gasteiger partial charge >= 0.3 is 5.97 Å². The number of nitrogens with one attached hydrogen (secondary N) is 1. The number of furan rings is 1. The van der Waals surface area contributed by atoms with E-state index in [9.17, 15) is 9.90 Å². The molecule has 1 heterocycles. The lowest BCUT2D eigenvalue weighted by Crippen LogP contribution is -2.27. The molecule has 0 bridgehead atoms. The second-order valence-corrected chi connectivity index (χ2v) is 4.53. The molecule has 1 atom stereocenters. The molecule has 2 rings (SSSR count). The van der Waals surface area contributed by atoms with E-state index in [1.54, 1.807) is 6.92 Å². The van der Waals surface area contributed by atoms with Gasteiger partial charge in [0, 0.05) is 18.7 Å². The maximum Gasteiger partial charge on any atom is 0.371 e. The van der Waals surface area contributed by atoms with Gasteiger partial charge in [-0.1, -0.05) is 0 Å². The Labute approximate surface area is 99.4 Å². The first kappa shape index (κ1) is 12.1. The summed E-state index contributed by atoms with van der Waals surface area (Å²) >= 11 is 0. The molecule has 1 aromatic rings. The number of carboxylic acids is 1. The van der Waals surface area contributed by atoms with Crippen molar-refractivity contribution in [1.82, 2.24) is 5.32 Å². The van der Waals surface area contributed by atoms with Gasteiger partial charge in [0.05, 0.1) is 6.10 Å². The Morgan fingerprint density at radius 2 is 2.35 bits per heavy atom. The maximum atomic E-state index is 10.7. The third kappa shape index (κ3) is 3.08. The minimum atomic E-state index is -1.06. The average molecular weight is 239 g/mol. The Morgan fingerprint density at radius 1 is 1.65 bits per heavy atom. The number of aryl methyl sites for hydroxylation is 1. The zero-order valence-electron chi connectivity index (χ0n) is 9.77. The topological polar surface area (TPSA) is 82.7 Å². The molecule has 1 aromatic heterocycles. The van der Waals surface area contributed by atoms with E-state index in [0.717, 1.165) is 18.4 Å².